The summed E-state index contributed by atoms with van der Waals surface area (Å²) in [5.74, 6) is -0.811. The lowest BCUT2D eigenvalue weighted by Crippen LogP contribution is -2.24. The average molecular weight is 286 g/mol. The third kappa shape index (κ3) is 2.85. The summed E-state index contributed by atoms with van der Waals surface area (Å²) in [6, 6.07) is 0. The van der Waals surface area contributed by atoms with Crippen LogP contribution in [0.25, 0.3) is 0 Å². The highest BCUT2D eigenvalue weighted by atomic mass is 35.5. The van der Waals surface area contributed by atoms with Gasteiger partial charge in [-0.1, -0.05) is 23.2 Å². The molecule has 3 nitrogen and oxygen atoms in total. The minimum atomic E-state index is -0.417. The van der Waals surface area contributed by atoms with Crippen LogP contribution in [0.2, 0.25) is 0 Å². The maximum atomic E-state index is 11.8. The lowest BCUT2D eigenvalue weighted by Gasteiger charge is -2.24. The van der Waals surface area contributed by atoms with Crippen molar-refractivity contribution in [2.75, 3.05) is 13.1 Å². The average Bonchev–Trinajstić information content (AvgIpc) is 2.40. The molecule has 1 fully saturated rings. The predicted octanol–water partition coefficient (Wildman–Crippen LogP) is 2.75. The van der Waals surface area contributed by atoms with E-state index < -0.39 is 11.6 Å². The van der Waals surface area contributed by atoms with Crippen molar-refractivity contribution in [3.8, 4) is 0 Å². The molecular formula is C13H13Cl2NO2. The lowest BCUT2D eigenvalue weighted by molar-refractivity contribution is -0.114. The molecule has 0 radical (unpaired) electrons. The van der Waals surface area contributed by atoms with Crippen LogP contribution in [0.1, 0.15) is 19.3 Å². The fourth-order valence-electron chi connectivity index (χ4n) is 1.98. The standard InChI is InChI=1S/C13H13Cl2NO2/c14-11-10(17)8-9(13(18)12(11)15)4-7-16-5-2-1-3-6-16/h4,7-8H,1-3,5-6H2/b7-4+. The maximum Gasteiger partial charge on any atom is 0.206 e. The highest BCUT2D eigenvalue weighted by Crippen LogP contribution is 2.25. The van der Waals surface area contributed by atoms with Gasteiger partial charge in [0.05, 0.1) is 0 Å². The second-order valence-corrected chi connectivity index (χ2v) is 5.09. The topological polar surface area (TPSA) is 37.4 Å². The third-order valence-electron chi connectivity index (χ3n) is 3.01. The second kappa shape index (κ2) is 5.72. The van der Waals surface area contributed by atoms with Gasteiger partial charge in [-0.25, -0.2) is 0 Å². The van der Waals surface area contributed by atoms with Gasteiger partial charge in [-0.3, -0.25) is 9.59 Å². The van der Waals surface area contributed by atoms with Crippen molar-refractivity contribution in [2.24, 2.45) is 0 Å². The maximum absolute atomic E-state index is 11.8. The first kappa shape index (κ1) is 13.4. The summed E-state index contributed by atoms with van der Waals surface area (Å²) in [7, 11) is 0. The van der Waals surface area contributed by atoms with Crippen LogP contribution in [0.5, 0.6) is 0 Å². The summed E-state index contributed by atoms with van der Waals surface area (Å²) < 4.78 is 0. The van der Waals surface area contributed by atoms with Crippen LogP contribution in [-0.2, 0) is 9.59 Å². The first-order chi connectivity index (χ1) is 8.59. The SMILES string of the molecule is O=C1C=C(/C=C/N2CCCCC2)C(=O)C(Cl)=C1Cl. The van der Waals surface area contributed by atoms with E-state index in [1.165, 1.54) is 12.5 Å². The van der Waals surface area contributed by atoms with E-state index in [-0.39, 0.29) is 10.1 Å². The van der Waals surface area contributed by atoms with E-state index in [0.29, 0.717) is 5.57 Å². The van der Waals surface area contributed by atoms with E-state index in [1.807, 2.05) is 6.20 Å². The van der Waals surface area contributed by atoms with Crippen LogP contribution in [0.15, 0.2) is 34.0 Å². The van der Waals surface area contributed by atoms with Gasteiger partial charge in [-0.05, 0) is 37.6 Å². The van der Waals surface area contributed by atoms with Crippen LogP contribution in [0.4, 0.5) is 0 Å². The van der Waals surface area contributed by atoms with E-state index >= 15 is 0 Å². The van der Waals surface area contributed by atoms with Gasteiger partial charge in [0, 0.05) is 18.7 Å². The molecule has 0 unspecified atom stereocenters. The highest BCUT2D eigenvalue weighted by molar-refractivity contribution is 6.58. The van der Waals surface area contributed by atoms with E-state index in [4.69, 9.17) is 23.2 Å². The number of rotatable bonds is 2. The molecule has 96 valence electrons. The molecule has 0 aromatic rings. The molecule has 0 aromatic heterocycles. The van der Waals surface area contributed by atoms with Crippen molar-refractivity contribution < 1.29 is 9.59 Å². The number of hydrogen-bond donors (Lipinski definition) is 0. The molecule has 2 aliphatic rings. The van der Waals surface area contributed by atoms with Crippen LogP contribution in [-0.4, -0.2) is 29.6 Å². The van der Waals surface area contributed by atoms with Gasteiger partial charge in [0.25, 0.3) is 0 Å². The minimum absolute atomic E-state index is 0.192. The first-order valence-corrected chi connectivity index (χ1v) is 6.63. The monoisotopic (exact) mass is 285 g/mol. The van der Waals surface area contributed by atoms with Crippen molar-refractivity contribution >= 4 is 34.8 Å². The molecule has 0 atom stereocenters. The molecule has 1 aliphatic heterocycles. The molecule has 2 rings (SSSR count). The number of nitrogens with zero attached hydrogens (tertiary/aromatic N) is 1. The quantitative estimate of drug-likeness (QED) is 0.732. The molecule has 0 bridgehead atoms. The molecule has 1 heterocycles. The van der Waals surface area contributed by atoms with Crippen molar-refractivity contribution in [2.45, 2.75) is 19.3 Å². The Hall–Kier alpha value is -1.06. The Morgan fingerprint density at radius 3 is 2.39 bits per heavy atom. The normalized spacial score (nSPS) is 21.9. The van der Waals surface area contributed by atoms with Crippen LogP contribution < -0.4 is 0 Å². The Morgan fingerprint density at radius 2 is 1.72 bits per heavy atom. The molecule has 0 spiro atoms. The Kier molecular flexibility index (Phi) is 4.25. The van der Waals surface area contributed by atoms with Gasteiger partial charge >= 0.3 is 0 Å². The molecule has 5 heteroatoms. The van der Waals surface area contributed by atoms with E-state index in [0.717, 1.165) is 25.9 Å². The number of carbonyl (C=O) groups excluding carboxylic acids is 2. The Bertz CT molecular complexity index is 471. The summed E-state index contributed by atoms with van der Waals surface area (Å²) in [4.78, 5) is 25.4. The molecule has 1 aliphatic carbocycles. The van der Waals surface area contributed by atoms with Gasteiger partial charge in [0.1, 0.15) is 10.1 Å². The van der Waals surface area contributed by atoms with E-state index in [2.05, 4.69) is 4.90 Å². The molecule has 0 saturated carbocycles. The predicted molar refractivity (Wildman–Crippen MR) is 71.4 cm³/mol. The second-order valence-electron chi connectivity index (χ2n) is 4.33. The number of allylic oxidation sites excluding steroid dienone is 5. The van der Waals surface area contributed by atoms with Crippen molar-refractivity contribution in [3.63, 3.8) is 0 Å². The zero-order valence-electron chi connectivity index (χ0n) is 9.79. The molecule has 0 amide bonds. The number of likely N-dealkylation sites (tertiary alicyclic amines) is 1. The van der Waals surface area contributed by atoms with Gasteiger partial charge in [-0.15, -0.1) is 0 Å². The number of carbonyl (C=O) groups is 2. The van der Waals surface area contributed by atoms with Gasteiger partial charge in [0.15, 0.2) is 5.78 Å². The van der Waals surface area contributed by atoms with Crippen molar-refractivity contribution in [1.82, 2.24) is 4.90 Å². The smallest absolute Gasteiger partial charge is 0.206 e. The van der Waals surface area contributed by atoms with E-state index in [1.54, 1.807) is 6.08 Å². The van der Waals surface area contributed by atoms with Gasteiger partial charge in [-0.2, -0.15) is 0 Å². The van der Waals surface area contributed by atoms with Crippen LogP contribution in [0.3, 0.4) is 0 Å². The largest absolute Gasteiger partial charge is 0.377 e. The Labute approximate surface area is 116 Å². The molecule has 0 N–H and O–H groups in total. The number of ketones is 2. The summed E-state index contributed by atoms with van der Waals surface area (Å²) in [6.45, 7) is 1.96. The number of hydrogen-bond acceptors (Lipinski definition) is 3. The van der Waals surface area contributed by atoms with Crippen LogP contribution in [0, 0.1) is 0 Å². The molecule has 0 aromatic carbocycles. The zero-order valence-corrected chi connectivity index (χ0v) is 11.3. The Morgan fingerprint density at radius 1 is 1.06 bits per heavy atom. The fraction of sp³-hybridized carbons (Fsp3) is 0.385. The van der Waals surface area contributed by atoms with Crippen LogP contribution >= 0.6 is 23.2 Å². The summed E-state index contributed by atoms with van der Waals surface area (Å²) >= 11 is 11.3. The molecular weight excluding hydrogens is 273 g/mol. The molecule has 1 saturated heterocycles. The number of halogens is 2. The first-order valence-electron chi connectivity index (χ1n) is 5.88. The summed E-state index contributed by atoms with van der Waals surface area (Å²) in [6.07, 6.45) is 8.27. The Balaban J connectivity index is 2.10. The number of piperidine rings is 1. The highest BCUT2D eigenvalue weighted by Gasteiger charge is 2.24. The van der Waals surface area contributed by atoms with Gasteiger partial charge < -0.3 is 4.90 Å². The van der Waals surface area contributed by atoms with E-state index in [9.17, 15) is 9.59 Å². The number of Topliss-reactive ketones (excluding diaryl/α,β-unsaturated/α-hetero) is 1. The molecule has 18 heavy (non-hydrogen) atoms. The lowest BCUT2D eigenvalue weighted by atomic mass is 10.0. The van der Waals surface area contributed by atoms with Gasteiger partial charge in [0.2, 0.25) is 5.78 Å². The zero-order chi connectivity index (χ0) is 13.1. The summed E-state index contributed by atoms with van der Waals surface area (Å²) in [5.41, 5.74) is 0.292. The van der Waals surface area contributed by atoms with Crippen molar-refractivity contribution in [1.29, 1.82) is 0 Å². The third-order valence-corrected chi connectivity index (χ3v) is 3.85. The fourth-order valence-corrected chi connectivity index (χ4v) is 2.32. The minimum Gasteiger partial charge on any atom is -0.377 e. The van der Waals surface area contributed by atoms with Crippen molar-refractivity contribution in [3.05, 3.63) is 34.0 Å². The summed E-state index contributed by atoms with van der Waals surface area (Å²) in [5, 5.41) is -0.390.